The van der Waals surface area contributed by atoms with Crippen LogP contribution in [0.4, 0.5) is 0 Å². The molecule has 4 nitrogen and oxygen atoms in total. The minimum atomic E-state index is -1.01. The fourth-order valence-electron chi connectivity index (χ4n) is 2.49. The molecular formula is C9H17BO4P2. The van der Waals surface area contributed by atoms with Gasteiger partial charge in [0.05, 0.1) is 12.5 Å². The van der Waals surface area contributed by atoms with Crippen molar-refractivity contribution < 1.29 is 19.2 Å². The van der Waals surface area contributed by atoms with Crippen LogP contribution in [-0.4, -0.2) is 37.5 Å². The summed E-state index contributed by atoms with van der Waals surface area (Å²) in [6.07, 6.45) is 0.896. The summed E-state index contributed by atoms with van der Waals surface area (Å²) < 4.78 is 10.7. The van der Waals surface area contributed by atoms with E-state index in [4.69, 9.17) is 16.8 Å². The van der Waals surface area contributed by atoms with Crippen LogP contribution >= 0.6 is 16.6 Å². The van der Waals surface area contributed by atoms with Gasteiger partial charge in [-0.2, -0.15) is 0 Å². The summed E-state index contributed by atoms with van der Waals surface area (Å²) in [5.41, 5.74) is 0. The number of carbonyl (C=O) groups excluding carboxylic acids is 1. The second-order valence-corrected chi connectivity index (χ2v) is 6.44. The van der Waals surface area contributed by atoms with Crippen molar-refractivity contribution in [2.24, 2.45) is 11.8 Å². The van der Waals surface area contributed by atoms with Gasteiger partial charge in [-0.05, 0) is 7.72 Å². The number of hydrogen-bond donors (Lipinski definition) is 1. The lowest BCUT2D eigenvalue weighted by Gasteiger charge is -2.22. The van der Waals surface area contributed by atoms with Crippen LogP contribution in [0.5, 0.6) is 0 Å². The minimum Gasteiger partial charge on any atom is -0.462 e. The molecular weight excluding hydrogens is 245 g/mol. The Morgan fingerprint density at radius 1 is 1.69 bits per heavy atom. The van der Waals surface area contributed by atoms with Crippen LogP contribution in [0.15, 0.2) is 0 Å². The first kappa shape index (κ1) is 14.4. The molecule has 6 atom stereocenters. The van der Waals surface area contributed by atoms with Crippen LogP contribution in [0.1, 0.15) is 20.3 Å². The molecule has 2 aliphatic rings. The third-order valence-corrected chi connectivity index (χ3v) is 4.00. The average Bonchev–Trinajstić information content (AvgIpc) is 2.59. The summed E-state index contributed by atoms with van der Waals surface area (Å²) in [6.45, 7) is 0.0241. The van der Waals surface area contributed by atoms with Crippen LogP contribution in [0, 0.1) is 11.8 Å². The van der Waals surface area contributed by atoms with Gasteiger partial charge in [0.2, 0.25) is 0 Å². The Kier molecular flexibility index (Phi) is 5.19. The van der Waals surface area contributed by atoms with Crippen LogP contribution < -0.4 is 0 Å². The van der Waals surface area contributed by atoms with E-state index in [2.05, 4.69) is 8.93 Å². The normalized spacial score (nSPS) is 38.8. The number of ether oxygens (including phenoxy) is 1. The summed E-state index contributed by atoms with van der Waals surface area (Å²) in [5.74, 6) is -0.0780. The Labute approximate surface area is 101 Å². The van der Waals surface area contributed by atoms with Gasteiger partial charge in [0.1, 0.15) is 6.10 Å². The molecule has 2 rings (SSSR count). The summed E-state index contributed by atoms with van der Waals surface area (Å²) in [5, 5.41) is 9.30. The van der Waals surface area contributed by atoms with Crippen LogP contribution in [0.25, 0.3) is 0 Å². The van der Waals surface area contributed by atoms with Crippen LogP contribution in [0.2, 0.25) is 0 Å². The number of carbonyl (C=O) groups is 1. The molecule has 0 spiro atoms. The second kappa shape index (κ2) is 5.77. The van der Waals surface area contributed by atoms with Gasteiger partial charge in [-0.3, -0.25) is 4.79 Å². The molecule has 90 valence electrons. The van der Waals surface area contributed by atoms with Crippen molar-refractivity contribution >= 4 is 30.2 Å². The van der Waals surface area contributed by atoms with E-state index in [1.807, 2.05) is 0 Å². The van der Waals surface area contributed by atoms with E-state index >= 15 is 0 Å². The average molecular weight is 262 g/mol. The van der Waals surface area contributed by atoms with Gasteiger partial charge >= 0.3 is 5.97 Å². The number of aliphatic hydroxyl groups is 1. The predicted octanol–water partition coefficient (Wildman–Crippen LogP) is 1.22. The molecule has 1 N–H and O–H groups in total. The van der Waals surface area contributed by atoms with Gasteiger partial charge in [0.15, 0.2) is 7.57 Å². The standard InChI is InChI=1S/C8H13BO4P2.CH4/c9-15(14)13-7-2-6-4(5(7)3-10)1-8(11)12-6;/h4-7,10H,1-3,14H2;1H4. The lowest BCUT2D eigenvalue weighted by Crippen LogP contribution is -2.24. The van der Waals surface area contributed by atoms with E-state index in [0.29, 0.717) is 12.8 Å². The maximum Gasteiger partial charge on any atom is 0.306 e. The van der Waals surface area contributed by atoms with Crippen molar-refractivity contribution in [3.05, 3.63) is 0 Å². The molecule has 1 saturated heterocycles. The largest absolute Gasteiger partial charge is 0.462 e. The number of hydrogen-bond acceptors (Lipinski definition) is 4. The van der Waals surface area contributed by atoms with Crippen LogP contribution in [0.3, 0.4) is 0 Å². The van der Waals surface area contributed by atoms with Crippen molar-refractivity contribution in [1.82, 2.24) is 0 Å². The molecule has 0 aromatic rings. The molecule has 0 amide bonds. The fraction of sp³-hybridized carbons (Fsp3) is 0.889. The molecule has 2 fully saturated rings. The molecule has 1 aliphatic carbocycles. The smallest absolute Gasteiger partial charge is 0.306 e. The Morgan fingerprint density at radius 2 is 2.38 bits per heavy atom. The first-order valence-electron chi connectivity index (χ1n) is 4.88. The summed E-state index contributed by atoms with van der Waals surface area (Å²) in [6, 6.07) is 0. The molecule has 1 saturated carbocycles. The molecule has 7 heteroatoms. The monoisotopic (exact) mass is 262 g/mol. The highest BCUT2D eigenvalue weighted by Crippen LogP contribution is 2.49. The summed E-state index contributed by atoms with van der Waals surface area (Å²) in [7, 11) is 6.99. The Balaban J connectivity index is 0.00000128. The van der Waals surface area contributed by atoms with E-state index in [1.165, 1.54) is 0 Å². The zero-order valence-electron chi connectivity index (χ0n) is 8.20. The predicted molar refractivity (Wildman–Crippen MR) is 67.2 cm³/mol. The third-order valence-electron chi connectivity index (χ3n) is 3.12. The summed E-state index contributed by atoms with van der Waals surface area (Å²) >= 11 is 0. The van der Waals surface area contributed by atoms with E-state index in [-0.39, 0.29) is 44.0 Å². The summed E-state index contributed by atoms with van der Waals surface area (Å²) in [4.78, 5) is 11.1. The van der Waals surface area contributed by atoms with Crippen molar-refractivity contribution in [2.45, 2.75) is 32.5 Å². The first-order chi connectivity index (χ1) is 7.11. The highest BCUT2D eigenvalue weighted by atomic mass is 32.0. The Morgan fingerprint density at radius 3 is 2.94 bits per heavy atom. The maximum absolute atomic E-state index is 11.1. The molecule has 0 aromatic heterocycles. The minimum absolute atomic E-state index is 0. The maximum atomic E-state index is 11.1. The van der Waals surface area contributed by atoms with Crippen molar-refractivity contribution in [1.29, 1.82) is 0 Å². The zero-order chi connectivity index (χ0) is 11.0. The quantitative estimate of drug-likeness (QED) is 0.472. The highest BCUT2D eigenvalue weighted by Gasteiger charge is 2.50. The first-order valence-corrected chi connectivity index (χ1v) is 7.83. The van der Waals surface area contributed by atoms with Crippen molar-refractivity contribution in [2.75, 3.05) is 6.61 Å². The van der Waals surface area contributed by atoms with Gasteiger partial charge in [0, 0.05) is 24.9 Å². The topological polar surface area (TPSA) is 55.8 Å². The number of aliphatic hydroxyl groups excluding tert-OH is 1. The van der Waals surface area contributed by atoms with E-state index in [0.717, 1.165) is 0 Å². The van der Waals surface area contributed by atoms with E-state index < -0.39 is 7.72 Å². The van der Waals surface area contributed by atoms with Gasteiger partial charge in [0.25, 0.3) is 0 Å². The van der Waals surface area contributed by atoms with Gasteiger partial charge in [-0.25, -0.2) is 0 Å². The lowest BCUT2D eigenvalue weighted by atomic mass is 9.93. The number of rotatable bonds is 3. The van der Waals surface area contributed by atoms with E-state index in [9.17, 15) is 9.90 Å². The number of esters is 1. The van der Waals surface area contributed by atoms with Crippen molar-refractivity contribution in [3.8, 4) is 0 Å². The third kappa shape index (κ3) is 2.76. The molecule has 1 heterocycles. The van der Waals surface area contributed by atoms with Gasteiger partial charge in [-0.15, -0.1) is 0 Å². The Hall–Kier alpha value is 0.315. The molecule has 2 radical (unpaired) electrons. The zero-order valence-corrected chi connectivity index (χ0v) is 10.3. The molecule has 6 unspecified atom stereocenters. The SMILES string of the molecule is C.[B]P(P)OC1CC2OC(=O)CC2C1CO. The molecule has 0 aromatic carbocycles. The van der Waals surface area contributed by atoms with Gasteiger partial charge in [-0.1, -0.05) is 16.4 Å². The van der Waals surface area contributed by atoms with E-state index in [1.54, 1.807) is 0 Å². The van der Waals surface area contributed by atoms with Gasteiger partial charge < -0.3 is 14.4 Å². The second-order valence-electron chi connectivity index (χ2n) is 3.98. The Bertz CT molecular complexity index is 264. The van der Waals surface area contributed by atoms with Crippen molar-refractivity contribution in [3.63, 3.8) is 0 Å². The molecule has 0 bridgehead atoms. The highest BCUT2D eigenvalue weighted by molar-refractivity contribution is 8.23. The van der Waals surface area contributed by atoms with Crippen LogP contribution in [-0.2, 0) is 14.1 Å². The number of fused-ring (bicyclic) bond motifs is 1. The fourth-order valence-corrected chi connectivity index (χ4v) is 3.51. The molecule has 16 heavy (non-hydrogen) atoms. The lowest BCUT2D eigenvalue weighted by molar-refractivity contribution is -0.141. The molecule has 1 aliphatic heterocycles.